The zero-order valence-electron chi connectivity index (χ0n) is 14.1. The fourth-order valence-corrected chi connectivity index (χ4v) is 3.80. The minimum atomic E-state index is -0.235. The molecule has 0 N–H and O–H groups in total. The van der Waals surface area contributed by atoms with Gasteiger partial charge in [-0.1, -0.05) is 6.07 Å². The van der Waals surface area contributed by atoms with E-state index in [1.54, 1.807) is 29.7 Å². The molecule has 1 amide bonds. The van der Waals surface area contributed by atoms with Crippen molar-refractivity contribution in [3.05, 3.63) is 71.5 Å². The van der Waals surface area contributed by atoms with Crippen molar-refractivity contribution < 1.29 is 9.18 Å². The molecule has 1 aromatic carbocycles. The standard InChI is InChI=1S/C20H18FN3OS/c21-16-4-6-17(7-5-16)23-9-11-24(12-10-23)20(25)15-3-8-18(22-14-15)19-2-1-13-26-19/h1-8,13-14H,9-12H2. The number of carbonyl (C=O) groups excluding carboxylic acids is 1. The molecule has 0 aliphatic carbocycles. The number of rotatable bonds is 3. The van der Waals surface area contributed by atoms with E-state index in [0.29, 0.717) is 18.7 Å². The molecule has 4 nitrogen and oxygen atoms in total. The van der Waals surface area contributed by atoms with Gasteiger partial charge in [-0.2, -0.15) is 0 Å². The van der Waals surface area contributed by atoms with E-state index in [-0.39, 0.29) is 11.7 Å². The van der Waals surface area contributed by atoms with Crippen LogP contribution in [0.25, 0.3) is 10.6 Å². The molecular formula is C20H18FN3OS. The van der Waals surface area contributed by atoms with Gasteiger partial charge >= 0.3 is 0 Å². The number of thiophene rings is 1. The smallest absolute Gasteiger partial charge is 0.255 e. The Balaban J connectivity index is 1.39. The molecule has 1 aliphatic rings. The maximum absolute atomic E-state index is 13.1. The normalized spacial score (nSPS) is 14.5. The van der Waals surface area contributed by atoms with Crippen LogP contribution >= 0.6 is 11.3 Å². The van der Waals surface area contributed by atoms with Crippen LogP contribution in [0.2, 0.25) is 0 Å². The highest BCUT2D eigenvalue weighted by Crippen LogP contribution is 2.23. The lowest BCUT2D eigenvalue weighted by Crippen LogP contribution is -2.48. The summed E-state index contributed by atoms with van der Waals surface area (Å²) in [7, 11) is 0. The van der Waals surface area contributed by atoms with Gasteiger partial charge in [-0.15, -0.1) is 11.3 Å². The highest BCUT2D eigenvalue weighted by molar-refractivity contribution is 7.13. The number of nitrogens with zero attached hydrogens (tertiary/aromatic N) is 3. The highest BCUT2D eigenvalue weighted by Gasteiger charge is 2.22. The molecular weight excluding hydrogens is 349 g/mol. The summed E-state index contributed by atoms with van der Waals surface area (Å²) < 4.78 is 13.1. The summed E-state index contributed by atoms with van der Waals surface area (Å²) in [6.07, 6.45) is 1.66. The molecule has 3 aromatic rings. The van der Waals surface area contributed by atoms with Gasteiger partial charge < -0.3 is 9.80 Å². The molecule has 132 valence electrons. The van der Waals surface area contributed by atoms with Crippen LogP contribution in [0.4, 0.5) is 10.1 Å². The zero-order valence-corrected chi connectivity index (χ0v) is 15.0. The number of carbonyl (C=O) groups is 1. The molecule has 0 unspecified atom stereocenters. The van der Waals surface area contributed by atoms with E-state index in [1.807, 2.05) is 34.5 Å². The van der Waals surface area contributed by atoms with E-state index in [9.17, 15) is 9.18 Å². The zero-order chi connectivity index (χ0) is 17.9. The predicted octanol–water partition coefficient (Wildman–Crippen LogP) is 3.91. The fraction of sp³-hybridized carbons (Fsp3) is 0.200. The van der Waals surface area contributed by atoms with E-state index in [4.69, 9.17) is 0 Å². The predicted molar refractivity (Wildman–Crippen MR) is 102 cm³/mol. The lowest BCUT2D eigenvalue weighted by molar-refractivity contribution is 0.0746. The van der Waals surface area contributed by atoms with Gasteiger partial charge in [-0.05, 0) is 47.8 Å². The van der Waals surface area contributed by atoms with Gasteiger partial charge in [-0.3, -0.25) is 9.78 Å². The lowest BCUT2D eigenvalue weighted by atomic mass is 10.2. The SMILES string of the molecule is O=C(c1ccc(-c2cccs2)nc1)N1CCN(c2ccc(F)cc2)CC1. The Kier molecular flexibility index (Phi) is 4.67. The molecule has 0 radical (unpaired) electrons. The van der Waals surface area contributed by atoms with Crippen LogP contribution in [0.3, 0.4) is 0 Å². The average molecular weight is 367 g/mol. The van der Waals surface area contributed by atoms with Crippen molar-refractivity contribution in [3.63, 3.8) is 0 Å². The number of halogens is 1. The Hall–Kier alpha value is -2.73. The van der Waals surface area contributed by atoms with E-state index in [2.05, 4.69) is 9.88 Å². The summed E-state index contributed by atoms with van der Waals surface area (Å²) in [5.41, 5.74) is 2.48. The Bertz CT molecular complexity index is 870. The second kappa shape index (κ2) is 7.25. The molecule has 0 atom stereocenters. The first kappa shape index (κ1) is 16.7. The molecule has 1 aliphatic heterocycles. The molecule has 1 saturated heterocycles. The minimum Gasteiger partial charge on any atom is -0.368 e. The average Bonchev–Trinajstić information content (AvgIpc) is 3.23. The Morgan fingerprint density at radius 2 is 1.77 bits per heavy atom. The van der Waals surface area contributed by atoms with Crippen LogP contribution in [0, 0.1) is 5.82 Å². The first-order chi connectivity index (χ1) is 12.7. The van der Waals surface area contributed by atoms with Gasteiger partial charge in [0.15, 0.2) is 0 Å². The molecule has 1 fully saturated rings. The molecule has 4 rings (SSSR count). The van der Waals surface area contributed by atoms with Crippen LogP contribution in [0.5, 0.6) is 0 Å². The molecule has 0 spiro atoms. The summed E-state index contributed by atoms with van der Waals surface area (Å²) in [5, 5.41) is 2.01. The summed E-state index contributed by atoms with van der Waals surface area (Å²) in [4.78, 5) is 22.2. The Morgan fingerprint density at radius 3 is 2.38 bits per heavy atom. The van der Waals surface area contributed by atoms with E-state index >= 15 is 0 Å². The summed E-state index contributed by atoms with van der Waals surface area (Å²) >= 11 is 1.63. The maximum atomic E-state index is 13.1. The van der Waals surface area contributed by atoms with Crippen molar-refractivity contribution >= 4 is 22.9 Å². The summed E-state index contributed by atoms with van der Waals surface area (Å²) in [6, 6.07) is 14.2. The number of hydrogen-bond donors (Lipinski definition) is 0. The van der Waals surface area contributed by atoms with Gasteiger partial charge in [0.2, 0.25) is 0 Å². The molecule has 2 aromatic heterocycles. The number of anilines is 1. The van der Waals surface area contributed by atoms with Gasteiger partial charge in [0.1, 0.15) is 5.82 Å². The minimum absolute atomic E-state index is 0.00832. The van der Waals surface area contributed by atoms with Gasteiger partial charge in [0, 0.05) is 38.1 Å². The monoisotopic (exact) mass is 367 g/mol. The lowest BCUT2D eigenvalue weighted by Gasteiger charge is -2.36. The first-order valence-electron chi connectivity index (χ1n) is 8.50. The summed E-state index contributed by atoms with van der Waals surface area (Å²) in [6.45, 7) is 2.75. The largest absolute Gasteiger partial charge is 0.368 e. The van der Waals surface area contributed by atoms with Crippen LogP contribution in [-0.2, 0) is 0 Å². The van der Waals surface area contributed by atoms with Crippen LogP contribution in [-0.4, -0.2) is 42.0 Å². The quantitative estimate of drug-likeness (QED) is 0.704. The van der Waals surface area contributed by atoms with Crippen molar-refractivity contribution in [2.75, 3.05) is 31.1 Å². The van der Waals surface area contributed by atoms with Crippen molar-refractivity contribution in [2.45, 2.75) is 0 Å². The Morgan fingerprint density at radius 1 is 1.00 bits per heavy atom. The molecule has 0 saturated carbocycles. The fourth-order valence-electron chi connectivity index (χ4n) is 3.09. The number of piperazine rings is 1. The number of benzene rings is 1. The van der Waals surface area contributed by atoms with E-state index in [0.717, 1.165) is 29.3 Å². The van der Waals surface area contributed by atoms with Crippen LogP contribution < -0.4 is 4.90 Å². The van der Waals surface area contributed by atoms with Crippen LogP contribution in [0.1, 0.15) is 10.4 Å². The van der Waals surface area contributed by atoms with Gasteiger partial charge in [0.05, 0.1) is 16.1 Å². The second-order valence-electron chi connectivity index (χ2n) is 6.17. The van der Waals surface area contributed by atoms with Gasteiger partial charge in [0.25, 0.3) is 5.91 Å². The number of hydrogen-bond acceptors (Lipinski definition) is 4. The first-order valence-corrected chi connectivity index (χ1v) is 9.38. The third kappa shape index (κ3) is 3.46. The van der Waals surface area contributed by atoms with Crippen LogP contribution in [0.15, 0.2) is 60.1 Å². The van der Waals surface area contributed by atoms with E-state index < -0.39 is 0 Å². The van der Waals surface area contributed by atoms with Crippen molar-refractivity contribution in [1.29, 1.82) is 0 Å². The third-order valence-electron chi connectivity index (χ3n) is 4.54. The molecule has 26 heavy (non-hydrogen) atoms. The Labute approximate surface area is 155 Å². The second-order valence-corrected chi connectivity index (χ2v) is 7.11. The maximum Gasteiger partial charge on any atom is 0.255 e. The number of pyridine rings is 1. The topological polar surface area (TPSA) is 36.4 Å². The highest BCUT2D eigenvalue weighted by atomic mass is 32.1. The third-order valence-corrected chi connectivity index (χ3v) is 5.44. The van der Waals surface area contributed by atoms with Crippen molar-refractivity contribution in [3.8, 4) is 10.6 Å². The van der Waals surface area contributed by atoms with Crippen molar-refractivity contribution in [2.24, 2.45) is 0 Å². The van der Waals surface area contributed by atoms with Gasteiger partial charge in [-0.25, -0.2) is 4.39 Å². The molecule has 6 heteroatoms. The molecule has 3 heterocycles. The van der Waals surface area contributed by atoms with E-state index in [1.165, 1.54) is 12.1 Å². The van der Waals surface area contributed by atoms with Crippen molar-refractivity contribution in [1.82, 2.24) is 9.88 Å². The summed E-state index contributed by atoms with van der Waals surface area (Å²) in [5.74, 6) is -0.227. The number of amides is 1. The molecule has 0 bridgehead atoms. The number of aromatic nitrogens is 1.